The minimum absolute atomic E-state index is 0. The summed E-state index contributed by atoms with van der Waals surface area (Å²) < 4.78 is 16.2. The van der Waals surface area contributed by atoms with E-state index in [2.05, 4.69) is 6.58 Å². The number of rotatable bonds is 4. The van der Waals surface area contributed by atoms with Gasteiger partial charge in [0.25, 0.3) is 0 Å². The molecule has 1 saturated heterocycles. The van der Waals surface area contributed by atoms with Crippen LogP contribution in [0.2, 0.25) is 0 Å². The van der Waals surface area contributed by atoms with Gasteiger partial charge in [-0.2, -0.15) is 13.5 Å². The average molecular weight is 278 g/mol. The summed E-state index contributed by atoms with van der Waals surface area (Å²) in [6, 6.07) is 0. The summed E-state index contributed by atoms with van der Waals surface area (Å²) in [5.41, 5.74) is 0. The van der Waals surface area contributed by atoms with E-state index < -0.39 is 5.79 Å². The molecule has 1 aliphatic heterocycles. The third-order valence-electron chi connectivity index (χ3n) is 2.34. The fraction of sp³-hybridized carbons (Fsp3) is 0.769. The van der Waals surface area contributed by atoms with Crippen molar-refractivity contribution in [2.45, 2.75) is 59.0 Å². The number of hydrogen-bond acceptors (Lipinski definition) is 4. The summed E-state index contributed by atoms with van der Waals surface area (Å²) in [4.78, 5) is 11.3. The fourth-order valence-electron chi connectivity index (χ4n) is 1.82. The van der Waals surface area contributed by atoms with Crippen molar-refractivity contribution in [1.29, 1.82) is 0 Å². The van der Waals surface area contributed by atoms with Crippen LogP contribution in [0.25, 0.3) is 0 Å². The Kier molecular flexibility index (Phi) is 9.42. The first-order valence-electron chi connectivity index (χ1n) is 5.60. The number of ether oxygens (including phenoxy) is 3. The van der Waals surface area contributed by atoms with Crippen LogP contribution >= 0.6 is 13.5 Å². The Labute approximate surface area is 117 Å². The van der Waals surface area contributed by atoms with Crippen LogP contribution in [0, 0.1) is 0 Å². The van der Waals surface area contributed by atoms with Crippen molar-refractivity contribution in [1.82, 2.24) is 0 Å². The third-order valence-corrected chi connectivity index (χ3v) is 2.34. The van der Waals surface area contributed by atoms with Gasteiger partial charge in [0, 0.05) is 6.42 Å². The summed E-state index contributed by atoms with van der Waals surface area (Å²) in [6.45, 7) is 9.56. The smallest absolute Gasteiger partial charge is 0.308 e. The largest absolute Gasteiger partial charge is 0.466 e. The standard InChI is InChI=1S/C12H20O4.CH4.H2S/c1-5-9-7-10(8-11(13)14-6-2)16-12(3,4)15-9;;/h5,9-10H,1,6-8H2,2-4H3;1H4;1H2/t9-,10-;;/m1../s1. The molecule has 0 saturated carbocycles. The third kappa shape index (κ3) is 6.42. The van der Waals surface area contributed by atoms with Crippen molar-refractivity contribution in [3.63, 3.8) is 0 Å². The SMILES string of the molecule is C.C=C[C@@H]1C[C@H](CC(=O)OCC)OC(C)(C)O1.S. The van der Waals surface area contributed by atoms with Gasteiger partial charge in [-0.15, -0.1) is 6.58 Å². The van der Waals surface area contributed by atoms with Gasteiger partial charge in [-0.25, -0.2) is 0 Å². The topological polar surface area (TPSA) is 44.8 Å². The molecular formula is C13H26O4S. The summed E-state index contributed by atoms with van der Waals surface area (Å²) in [5.74, 6) is -0.901. The van der Waals surface area contributed by atoms with Crippen molar-refractivity contribution in [3.8, 4) is 0 Å². The van der Waals surface area contributed by atoms with Gasteiger partial charge in [0.15, 0.2) is 5.79 Å². The zero-order valence-electron chi connectivity index (χ0n) is 10.7. The lowest BCUT2D eigenvalue weighted by Gasteiger charge is -2.39. The highest BCUT2D eigenvalue weighted by Gasteiger charge is 2.35. The summed E-state index contributed by atoms with van der Waals surface area (Å²) >= 11 is 0. The number of hydrogen-bond donors (Lipinski definition) is 0. The Bertz CT molecular complexity index is 266. The van der Waals surface area contributed by atoms with Crippen LogP contribution in [-0.4, -0.2) is 30.6 Å². The molecule has 18 heavy (non-hydrogen) atoms. The molecule has 4 nitrogen and oxygen atoms in total. The van der Waals surface area contributed by atoms with Crippen molar-refractivity contribution >= 4 is 19.5 Å². The van der Waals surface area contributed by atoms with Crippen LogP contribution in [0.15, 0.2) is 12.7 Å². The normalized spacial score (nSPS) is 25.3. The van der Waals surface area contributed by atoms with Crippen LogP contribution in [0.1, 0.15) is 41.0 Å². The maximum absolute atomic E-state index is 11.3. The molecule has 0 aromatic carbocycles. The second-order valence-corrected chi connectivity index (χ2v) is 4.28. The maximum Gasteiger partial charge on any atom is 0.308 e. The number of esters is 1. The van der Waals surface area contributed by atoms with Crippen molar-refractivity contribution < 1.29 is 19.0 Å². The van der Waals surface area contributed by atoms with Crippen LogP contribution in [0.3, 0.4) is 0 Å². The molecule has 0 aliphatic carbocycles. The van der Waals surface area contributed by atoms with Crippen LogP contribution in [0.5, 0.6) is 0 Å². The molecule has 0 amide bonds. The molecule has 2 atom stereocenters. The van der Waals surface area contributed by atoms with Gasteiger partial charge in [-0.3, -0.25) is 4.79 Å². The molecule has 108 valence electrons. The lowest BCUT2D eigenvalue weighted by Crippen LogP contribution is -2.44. The molecule has 1 fully saturated rings. The number of carbonyl (C=O) groups excluding carboxylic acids is 1. The number of carbonyl (C=O) groups is 1. The van der Waals surface area contributed by atoms with Gasteiger partial charge < -0.3 is 14.2 Å². The van der Waals surface area contributed by atoms with Gasteiger partial charge >= 0.3 is 5.97 Å². The Hall–Kier alpha value is -0.520. The molecule has 0 aromatic heterocycles. The Morgan fingerprint density at radius 2 is 2.11 bits per heavy atom. The summed E-state index contributed by atoms with van der Waals surface area (Å²) in [7, 11) is 0. The van der Waals surface area contributed by atoms with Gasteiger partial charge in [0.1, 0.15) is 0 Å². The molecule has 0 bridgehead atoms. The lowest BCUT2D eigenvalue weighted by molar-refractivity contribution is -0.290. The van der Waals surface area contributed by atoms with Crippen LogP contribution in [0.4, 0.5) is 0 Å². The van der Waals surface area contributed by atoms with E-state index in [-0.39, 0.29) is 45.5 Å². The second kappa shape index (κ2) is 8.56. The molecule has 0 aromatic rings. The molecule has 1 rings (SSSR count). The van der Waals surface area contributed by atoms with Gasteiger partial charge in [0.05, 0.1) is 25.2 Å². The highest BCUT2D eigenvalue weighted by Crippen LogP contribution is 2.28. The van der Waals surface area contributed by atoms with Gasteiger partial charge in [-0.05, 0) is 20.8 Å². The minimum atomic E-state index is -0.672. The minimum Gasteiger partial charge on any atom is -0.466 e. The van der Waals surface area contributed by atoms with Crippen molar-refractivity contribution in [2.75, 3.05) is 6.61 Å². The molecule has 1 aliphatic rings. The predicted octanol–water partition coefficient (Wildman–Crippen LogP) is 2.78. The molecule has 0 radical (unpaired) electrons. The first-order chi connectivity index (χ1) is 7.46. The molecular weight excluding hydrogens is 252 g/mol. The monoisotopic (exact) mass is 278 g/mol. The predicted molar refractivity (Wildman–Crippen MR) is 77.0 cm³/mol. The maximum atomic E-state index is 11.3. The van der Waals surface area contributed by atoms with E-state index in [1.54, 1.807) is 13.0 Å². The average Bonchev–Trinajstić information content (AvgIpc) is 2.15. The fourth-order valence-corrected chi connectivity index (χ4v) is 1.82. The van der Waals surface area contributed by atoms with E-state index in [0.717, 1.165) is 0 Å². The van der Waals surface area contributed by atoms with Crippen molar-refractivity contribution in [3.05, 3.63) is 12.7 Å². The van der Waals surface area contributed by atoms with E-state index in [9.17, 15) is 4.79 Å². The molecule has 5 heteroatoms. The summed E-state index contributed by atoms with van der Waals surface area (Å²) in [6.07, 6.45) is 2.42. The van der Waals surface area contributed by atoms with E-state index >= 15 is 0 Å². The zero-order valence-corrected chi connectivity index (χ0v) is 11.7. The Morgan fingerprint density at radius 3 is 2.61 bits per heavy atom. The highest BCUT2D eigenvalue weighted by molar-refractivity contribution is 7.59. The van der Waals surface area contributed by atoms with E-state index in [0.29, 0.717) is 13.0 Å². The summed E-state index contributed by atoms with van der Waals surface area (Å²) in [5, 5.41) is 0. The van der Waals surface area contributed by atoms with Crippen LogP contribution < -0.4 is 0 Å². The highest BCUT2D eigenvalue weighted by atomic mass is 32.1. The van der Waals surface area contributed by atoms with Gasteiger partial charge in [0.2, 0.25) is 0 Å². The lowest BCUT2D eigenvalue weighted by atomic mass is 10.1. The zero-order chi connectivity index (χ0) is 12.2. The molecule has 0 N–H and O–H groups in total. The quantitative estimate of drug-likeness (QED) is 0.586. The first kappa shape index (κ1) is 19.8. The second-order valence-electron chi connectivity index (χ2n) is 4.28. The first-order valence-corrected chi connectivity index (χ1v) is 5.60. The van der Waals surface area contributed by atoms with E-state index in [1.807, 2.05) is 13.8 Å². The Morgan fingerprint density at radius 1 is 1.50 bits per heavy atom. The van der Waals surface area contributed by atoms with Gasteiger partial charge in [-0.1, -0.05) is 13.5 Å². The molecule has 1 heterocycles. The molecule has 0 spiro atoms. The van der Waals surface area contributed by atoms with E-state index in [1.165, 1.54) is 0 Å². The van der Waals surface area contributed by atoms with Crippen molar-refractivity contribution in [2.24, 2.45) is 0 Å². The van der Waals surface area contributed by atoms with E-state index in [4.69, 9.17) is 14.2 Å². The van der Waals surface area contributed by atoms with Crippen LogP contribution in [-0.2, 0) is 19.0 Å². The molecule has 0 unspecified atom stereocenters. The Balaban J connectivity index is 0.